The Hall–Kier alpha value is -1.52. The molecule has 1 aromatic heterocycles. The standard InChI is InChI=1S/C15H26N4O/c1-10(2)20-15-13(16)14(17-9-18-15)19(4)12-7-5-6-11(3)8-12/h9-12H,5-8,16H2,1-4H3. The molecule has 0 amide bonds. The molecule has 112 valence electrons. The second-order valence-corrected chi connectivity index (χ2v) is 6.12. The van der Waals surface area contributed by atoms with Gasteiger partial charge in [0.1, 0.15) is 12.0 Å². The van der Waals surface area contributed by atoms with Crippen LogP contribution < -0.4 is 15.4 Å². The van der Waals surface area contributed by atoms with Crippen LogP contribution in [0, 0.1) is 5.92 Å². The number of aromatic nitrogens is 2. The SMILES string of the molecule is CC1CCCC(N(C)c2ncnc(OC(C)C)c2N)C1. The maximum absolute atomic E-state index is 6.18. The van der Waals surface area contributed by atoms with Gasteiger partial charge in [0.05, 0.1) is 6.10 Å². The van der Waals surface area contributed by atoms with Crippen molar-refractivity contribution < 1.29 is 4.74 Å². The molecule has 0 aliphatic heterocycles. The number of hydrogen-bond acceptors (Lipinski definition) is 5. The normalized spacial score (nSPS) is 22.9. The van der Waals surface area contributed by atoms with Gasteiger partial charge in [0, 0.05) is 13.1 Å². The van der Waals surface area contributed by atoms with Crippen LogP contribution in [0.4, 0.5) is 11.5 Å². The number of hydrogen-bond donors (Lipinski definition) is 1. The van der Waals surface area contributed by atoms with Crippen molar-refractivity contribution in [1.29, 1.82) is 0 Å². The van der Waals surface area contributed by atoms with E-state index >= 15 is 0 Å². The molecule has 1 fully saturated rings. The predicted molar refractivity (Wildman–Crippen MR) is 82.0 cm³/mol. The summed E-state index contributed by atoms with van der Waals surface area (Å²) in [4.78, 5) is 10.7. The molecule has 0 saturated heterocycles. The van der Waals surface area contributed by atoms with Gasteiger partial charge in [-0.3, -0.25) is 0 Å². The summed E-state index contributed by atoms with van der Waals surface area (Å²) in [5, 5.41) is 0. The van der Waals surface area contributed by atoms with Gasteiger partial charge >= 0.3 is 0 Å². The smallest absolute Gasteiger partial charge is 0.242 e. The second kappa shape index (κ2) is 6.29. The van der Waals surface area contributed by atoms with Crippen LogP contribution in [0.25, 0.3) is 0 Å². The number of nitrogens with zero attached hydrogens (tertiary/aromatic N) is 3. The number of nitrogen functional groups attached to an aromatic ring is 1. The summed E-state index contributed by atoms with van der Waals surface area (Å²) in [6.45, 7) is 6.25. The molecule has 1 aliphatic carbocycles. The van der Waals surface area contributed by atoms with Crippen LogP contribution in [0.2, 0.25) is 0 Å². The fourth-order valence-corrected chi connectivity index (χ4v) is 2.90. The highest BCUT2D eigenvalue weighted by Crippen LogP contribution is 2.33. The van der Waals surface area contributed by atoms with Crippen LogP contribution in [0.5, 0.6) is 5.88 Å². The van der Waals surface area contributed by atoms with Gasteiger partial charge in [-0.05, 0) is 32.6 Å². The summed E-state index contributed by atoms with van der Waals surface area (Å²) in [5.74, 6) is 2.04. The maximum Gasteiger partial charge on any atom is 0.242 e. The highest BCUT2D eigenvalue weighted by molar-refractivity contribution is 5.67. The van der Waals surface area contributed by atoms with E-state index in [9.17, 15) is 0 Å². The molecule has 2 rings (SSSR count). The van der Waals surface area contributed by atoms with Crippen LogP contribution >= 0.6 is 0 Å². The van der Waals surface area contributed by atoms with Gasteiger partial charge in [0.15, 0.2) is 5.82 Å². The molecular weight excluding hydrogens is 252 g/mol. The first-order valence-electron chi connectivity index (χ1n) is 7.49. The Morgan fingerprint density at radius 3 is 2.75 bits per heavy atom. The highest BCUT2D eigenvalue weighted by Gasteiger charge is 2.25. The molecule has 1 heterocycles. The Bertz CT molecular complexity index is 449. The van der Waals surface area contributed by atoms with Crippen LogP contribution in [0.3, 0.4) is 0 Å². The summed E-state index contributed by atoms with van der Waals surface area (Å²) in [7, 11) is 2.07. The molecule has 0 radical (unpaired) electrons. The van der Waals surface area contributed by atoms with Gasteiger partial charge in [-0.25, -0.2) is 4.98 Å². The molecule has 5 heteroatoms. The lowest BCUT2D eigenvalue weighted by Gasteiger charge is -2.35. The molecule has 0 spiro atoms. The zero-order valence-electron chi connectivity index (χ0n) is 13.0. The molecule has 1 aliphatic rings. The molecule has 1 saturated carbocycles. The van der Waals surface area contributed by atoms with Crippen molar-refractivity contribution in [3.05, 3.63) is 6.33 Å². The molecule has 2 atom stereocenters. The molecule has 2 unspecified atom stereocenters. The third kappa shape index (κ3) is 3.32. The zero-order chi connectivity index (χ0) is 14.7. The van der Waals surface area contributed by atoms with Crippen LogP contribution in [0.1, 0.15) is 46.5 Å². The van der Waals surface area contributed by atoms with Crippen molar-refractivity contribution in [2.45, 2.75) is 58.6 Å². The number of rotatable bonds is 4. The van der Waals surface area contributed by atoms with Gasteiger partial charge < -0.3 is 15.4 Å². The summed E-state index contributed by atoms with van der Waals surface area (Å²) in [6.07, 6.45) is 6.58. The molecular formula is C15H26N4O. The molecule has 5 nitrogen and oxygen atoms in total. The summed E-state index contributed by atoms with van der Waals surface area (Å²) < 4.78 is 5.64. The maximum atomic E-state index is 6.18. The number of anilines is 2. The molecule has 1 aromatic rings. The lowest BCUT2D eigenvalue weighted by atomic mass is 9.86. The van der Waals surface area contributed by atoms with Crippen LogP contribution in [-0.4, -0.2) is 29.2 Å². The topological polar surface area (TPSA) is 64.3 Å². The minimum atomic E-state index is 0.0556. The van der Waals surface area contributed by atoms with E-state index in [0.29, 0.717) is 17.6 Å². The van der Waals surface area contributed by atoms with E-state index in [2.05, 4.69) is 28.8 Å². The Morgan fingerprint density at radius 2 is 2.10 bits per heavy atom. The quantitative estimate of drug-likeness (QED) is 0.917. The molecule has 0 aromatic carbocycles. The molecule has 20 heavy (non-hydrogen) atoms. The van der Waals surface area contributed by atoms with Crippen molar-refractivity contribution in [3.8, 4) is 5.88 Å². The average molecular weight is 278 g/mol. The van der Waals surface area contributed by atoms with Gasteiger partial charge in [0.25, 0.3) is 0 Å². The Labute approximate surface area is 121 Å². The Balaban J connectivity index is 2.18. The van der Waals surface area contributed by atoms with E-state index in [1.165, 1.54) is 32.0 Å². The summed E-state index contributed by atoms with van der Waals surface area (Å²) in [6, 6.07) is 0.503. The van der Waals surface area contributed by atoms with E-state index in [0.717, 1.165) is 11.7 Å². The third-order valence-electron chi connectivity index (χ3n) is 3.96. The van der Waals surface area contributed by atoms with Gasteiger partial charge in [-0.2, -0.15) is 4.98 Å². The minimum Gasteiger partial charge on any atom is -0.473 e. The van der Waals surface area contributed by atoms with Crippen molar-refractivity contribution in [2.24, 2.45) is 5.92 Å². The van der Waals surface area contributed by atoms with Crippen molar-refractivity contribution in [3.63, 3.8) is 0 Å². The van der Waals surface area contributed by atoms with E-state index in [1.54, 1.807) is 0 Å². The lowest BCUT2D eigenvalue weighted by molar-refractivity contribution is 0.233. The summed E-state index contributed by atoms with van der Waals surface area (Å²) >= 11 is 0. The van der Waals surface area contributed by atoms with E-state index in [4.69, 9.17) is 10.5 Å². The van der Waals surface area contributed by atoms with Crippen LogP contribution in [-0.2, 0) is 0 Å². The van der Waals surface area contributed by atoms with Gasteiger partial charge in [-0.1, -0.05) is 19.8 Å². The lowest BCUT2D eigenvalue weighted by Crippen LogP contribution is -2.36. The van der Waals surface area contributed by atoms with E-state index in [1.807, 2.05) is 13.8 Å². The van der Waals surface area contributed by atoms with Gasteiger partial charge in [-0.15, -0.1) is 0 Å². The van der Waals surface area contributed by atoms with Crippen molar-refractivity contribution in [1.82, 2.24) is 9.97 Å². The van der Waals surface area contributed by atoms with Crippen molar-refractivity contribution >= 4 is 11.5 Å². The van der Waals surface area contributed by atoms with Crippen molar-refractivity contribution in [2.75, 3.05) is 17.7 Å². The minimum absolute atomic E-state index is 0.0556. The first-order valence-corrected chi connectivity index (χ1v) is 7.49. The first-order chi connectivity index (χ1) is 9.49. The fraction of sp³-hybridized carbons (Fsp3) is 0.733. The largest absolute Gasteiger partial charge is 0.473 e. The fourth-order valence-electron chi connectivity index (χ4n) is 2.90. The highest BCUT2D eigenvalue weighted by atomic mass is 16.5. The zero-order valence-corrected chi connectivity index (χ0v) is 13.0. The first kappa shape index (κ1) is 14.9. The Kier molecular flexibility index (Phi) is 4.68. The third-order valence-corrected chi connectivity index (χ3v) is 3.96. The number of ether oxygens (including phenoxy) is 1. The van der Waals surface area contributed by atoms with E-state index in [-0.39, 0.29) is 6.10 Å². The predicted octanol–water partition coefficient (Wildman–Crippen LogP) is 2.86. The van der Waals surface area contributed by atoms with Crippen LogP contribution in [0.15, 0.2) is 6.33 Å². The second-order valence-electron chi connectivity index (χ2n) is 6.12. The van der Waals surface area contributed by atoms with E-state index < -0.39 is 0 Å². The average Bonchev–Trinajstić information content (AvgIpc) is 2.40. The van der Waals surface area contributed by atoms with Gasteiger partial charge in [0.2, 0.25) is 5.88 Å². The summed E-state index contributed by atoms with van der Waals surface area (Å²) in [5.41, 5.74) is 6.73. The monoisotopic (exact) mass is 278 g/mol. The Morgan fingerprint density at radius 1 is 1.35 bits per heavy atom. The number of nitrogens with two attached hydrogens (primary N) is 1. The molecule has 2 N–H and O–H groups in total. The molecule has 0 bridgehead atoms.